The summed E-state index contributed by atoms with van der Waals surface area (Å²) in [6, 6.07) is 0.614. The number of aliphatic carboxylic acids is 1. The van der Waals surface area contributed by atoms with Crippen molar-refractivity contribution < 1.29 is 38.4 Å². The van der Waals surface area contributed by atoms with Crippen LogP contribution >= 0.6 is 11.8 Å². The SMILES string of the molecule is CCN1C(=O)N[C@H]2CS[C@@H](CCCCC(=O)NCCOCCOCCOCCOCCC(=O)O)[C@H]21. The van der Waals surface area contributed by atoms with Crippen LogP contribution < -0.4 is 10.6 Å². The van der Waals surface area contributed by atoms with Crippen LogP contribution in [0.25, 0.3) is 0 Å². The third kappa shape index (κ3) is 11.8. The van der Waals surface area contributed by atoms with Crippen molar-refractivity contribution in [3.8, 4) is 0 Å². The van der Waals surface area contributed by atoms with E-state index in [1.807, 2.05) is 23.6 Å². The van der Waals surface area contributed by atoms with Crippen LogP contribution in [-0.4, -0.2) is 117 Å². The molecule has 35 heavy (non-hydrogen) atoms. The van der Waals surface area contributed by atoms with E-state index in [-0.39, 0.29) is 37.0 Å². The molecule has 0 radical (unpaired) electrons. The topological polar surface area (TPSA) is 136 Å². The molecule has 2 saturated heterocycles. The molecule has 202 valence electrons. The van der Waals surface area contributed by atoms with Gasteiger partial charge < -0.3 is 39.6 Å². The van der Waals surface area contributed by atoms with E-state index in [1.165, 1.54) is 0 Å². The maximum Gasteiger partial charge on any atom is 0.318 e. The largest absolute Gasteiger partial charge is 0.481 e. The Bertz CT molecular complexity index is 642. The second kappa shape index (κ2) is 17.8. The fourth-order valence-corrected chi connectivity index (χ4v) is 5.72. The summed E-state index contributed by atoms with van der Waals surface area (Å²) < 4.78 is 21.3. The normalized spacial score (nSPS) is 21.2. The first-order valence-electron chi connectivity index (χ1n) is 12.5. The monoisotopic (exact) mass is 519 g/mol. The first kappa shape index (κ1) is 29.6. The summed E-state index contributed by atoms with van der Waals surface area (Å²) in [6.07, 6.45) is 3.36. The number of amides is 3. The molecule has 2 rings (SSSR count). The fourth-order valence-electron chi connectivity index (χ4n) is 4.12. The lowest BCUT2D eigenvalue weighted by molar-refractivity contribution is -0.138. The van der Waals surface area contributed by atoms with Crippen molar-refractivity contribution in [3.63, 3.8) is 0 Å². The predicted octanol–water partition coefficient (Wildman–Crippen LogP) is 1.10. The number of urea groups is 1. The van der Waals surface area contributed by atoms with Crippen LogP contribution in [0.4, 0.5) is 4.79 Å². The first-order chi connectivity index (χ1) is 17.0. The fraction of sp³-hybridized carbons (Fsp3) is 0.870. The molecule has 3 amide bonds. The second-order valence-electron chi connectivity index (χ2n) is 8.39. The van der Waals surface area contributed by atoms with E-state index < -0.39 is 5.97 Å². The Hall–Kier alpha value is -1.60. The highest BCUT2D eigenvalue weighted by Crippen LogP contribution is 2.37. The number of hydrogen-bond donors (Lipinski definition) is 3. The van der Waals surface area contributed by atoms with Crippen molar-refractivity contribution in [2.75, 3.05) is 71.7 Å². The molecule has 2 aliphatic rings. The van der Waals surface area contributed by atoms with E-state index in [0.717, 1.165) is 31.6 Å². The molecular weight excluding hydrogens is 478 g/mol. The van der Waals surface area contributed by atoms with Crippen LogP contribution in [0.5, 0.6) is 0 Å². The number of carbonyl (C=O) groups is 3. The van der Waals surface area contributed by atoms with Crippen molar-refractivity contribution in [1.82, 2.24) is 15.5 Å². The van der Waals surface area contributed by atoms with Gasteiger partial charge >= 0.3 is 12.0 Å². The number of carboxylic acid groups (broad SMARTS) is 1. The number of unbranched alkanes of at least 4 members (excludes halogenated alkanes) is 1. The van der Waals surface area contributed by atoms with E-state index in [0.29, 0.717) is 64.5 Å². The van der Waals surface area contributed by atoms with Crippen LogP contribution in [0, 0.1) is 0 Å². The van der Waals surface area contributed by atoms with Crippen molar-refractivity contribution in [2.24, 2.45) is 0 Å². The summed E-state index contributed by atoms with van der Waals surface area (Å²) in [5.41, 5.74) is 0. The molecule has 12 heteroatoms. The first-order valence-corrected chi connectivity index (χ1v) is 13.6. The lowest BCUT2D eigenvalue weighted by Gasteiger charge is -2.26. The molecule has 0 aromatic rings. The quantitative estimate of drug-likeness (QED) is 0.150. The number of carbonyl (C=O) groups excluding carboxylic acids is 2. The number of rotatable bonds is 21. The van der Waals surface area contributed by atoms with Gasteiger partial charge in [-0.25, -0.2) is 4.79 Å². The maximum absolute atomic E-state index is 12.0. The van der Waals surface area contributed by atoms with Gasteiger partial charge in [0.25, 0.3) is 0 Å². The lowest BCUT2D eigenvalue weighted by Crippen LogP contribution is -2.40. The van der Waals surface area contributed by atoms with E-state index in [1.54, 1.807) is 0 Å². The van der Waals surface area contributed by atoms with Gasteiger partial charge in [-0.2, -0.15) is 11.8 Å². The molecule has 2 aliphatic heterocycles. The minimum Gasteiger partial charge on any atom is -0.481 e. The van der Waals surface area contributed by atoms with Crippen LogP contribution in [0.3, 0.4) is 0 Å². The summed E-state index contributed by atoms with van der Waals surface area (Å²) in [5, 5.41) is 14.9. The third-order valence-corrected chi connectivity index (χ3v) is 7.33. The number of ether oxygens (including phenoxy) is 4. The number of carboxylic acids is 1. The van der Waals surface area contributed by atoms with Gasteiger partial charge in [-0.3, -0.25) is 9.59 Å². The van der Waals surface area contributed by atoms with E-state index in [4.69, 9.17) is 24.1 Å². The molecule has 0 aromatic carbocycles. The molecule has 0 spiro atoms. The predicted molar refractivity (Wildman–Crippen MR) is 132 cm³/mol. The number of nitrogens with zero attached hydrogens (tertiary/aromatic N) is 1. The van der Waals surface area contributed by atoms with Crippen LogP contribution in [0.1, 0.15) is 39.0 Å². The van der Waals surface area contributed by atoms with E-state index in [9.17, 15) is 14.4 Å². The number of fused-ring (bicyclic) bond motifs is 1. The van der Waals surface area contributed by atoms with Gasteiger partial charge in [-0.05, 0) is 19.8 Å². The average molecular weight is 520 g/mol. The van der Waals surface area contributed by atoms with E-state index >= 15 is 0 Å². The lowest BCUT2D eigenvalue weighted by atomic mass is 10.0. The molecule has 0 unspecified atom stereocenters. The van der Waals surface area contributed by atoms with Crippen LogP contribution in [0.15, 0.2) is 0 Å². The number of likely N-dealkylation sites (N-methyl/N-ethyl adjacent to an activating group) is 1. The number of hydrogen-bond acceptors (Lipinski definition) is 8. The highest BCUT2D eigenvalue weighted by molar-refractivity contribution is 8.00. The standard InChI is InChI=1S/C23H41N3O8S/c1-2-26-22-18(25-23(26)30)17-35-19(22)5-3-4-6-20(27)24-8-10-32-12-14-34-16-15-33-13-11-31-9-7-21(28)29/h18-19,22H,2-17H2,1H3,(H,24,27)(H,25,30)(H,28,29)/t18-,19-,22-/m0/s1. The zero-order valence-corrected chi connectivity index (χ0v) is 21.5. The second-order valence-corrected chi connectivity index (χ2v) is 9.67. The highest BCUT2D eigenvalue weighted by atomic mass is 32.2. The van der Waals surface area contributed by atoms with Gasteiger partial charge in [0, 0.05) is 30.5 Å². The van der Waals surface area contributed by atoms with Crippen molar-refractivity contribution in [3.05, 3.63) is 0 Å². The summed E-state index contributed by atoms with van der Waals surface area (Å²) >= 11 is 1.94. The zero-order valence-electron chi connectivity index (χ0n) is 20.7. The number of thioether (sulfide) groups is 1. The van der Waals surface area contributed by atoms with Gasteiger partial charge in [0.1, 0.15) is 0 Å². The molecule has 0 aromatic heterocycles. The summed E-state index contributed by atoms with van der Waals surface area (Å²) in [6.45, 7) is 6.40. The summed E-state index contributed by atoms with van der Waals surface area (Å²) in [5.74, 6) is 0.140. The molecule has 2 heterocycles. The number of nitrogens with one attached hydrogen (secondary N) is 2. The minimum atomic E-state index is -0.877. The van der Waals surface area contributed by atoms with Crippen LogP contribution in [0.2, 0.25) is 0 Å². The molecule has 0 bridgehead atoms. The summed E-state index contributed by atoms with van der Waals surface area (Å²) in [7, 11) is 0. The smallest absolute Gasteiger partial charge is 0.318 e. The van der Waals surface area contributed by atoms with Gasteiger partial charge in [-0.15, -0.1) is 0 Å². The molecule has 2 fully saturated rings. The Labute approximate surface area is 211 Å². The zero-order chi connectivity index (χ0) is 25.3. The Balaban J connectivity index is 1.33. The maximum atomic E-state index is 12.0. The summed E-state index contributed by atoms with van der Waals surface area (Å²) in [4.78, 5) is 36.3. The Morgan fingerprint density at radius 3 is 2.26 bits per heavy atom. The molecule has 0 aliphatic carbocycles. The highest BCUT2D eigenvalue weighted by Gasteiger charge is 2.47. The van der Waals surface area contributed by atoms with Gasteiger partial charge in [-0.1, -0.05) is 6.42 Å². The Morgan fingerprint density at radius 1 is 1.00 bits per heavy atom. The molecule has 11 nitrogen and oxygen atoms in total. The van der Waals surface area contributed by atoms with Crippen molar-refractivity contribution in [1.29, 1.82) is 0 Å². The molecule has 3 N–H and O–H groups in total. The van der Waals surface area contributed by atoms with Gasteiger partial charge in [0.2, 0.25) is 5.91 Å². The Morgan fingerprint density at radius 2 is 1.63 bits per heavy atom. The van der Waals surface area contributed by atoms with Gasteiger partial charge in [0.15, 0.2) is 0 Å². The van der Waals surface area contributed by atoms with Crippen molar-refractivity contribution >= 4 is 29.7 Å². The van der Waals surface area contributed by atoms with E-state index in [2.05, 4.69) is 10.6 Å². The van der Waals surface area contributed by atoms with Crippen LogP contribution in [-0.2, 0) is 28.5 Å². The molecule has 3 atom stereocenters. The molecular formula is C23H41N3O8S. The van der Waals surface area contributed by atoms with Gasteiger partial charge in [0.05, 0.1) is 71.4 Å². The Kier molecular flexibility index (Phi) is 15.0. The molecule has 0 saturated carbocycles. The minimum absolute atomic E-state index is 0.00548. The third-order valence-electron chi connectivity index (χ3n) is 5.84. The average Bonchev–Trinajstić information content (AvgIpc) is 3.36. The van der Waals surface area contributed by atoms with Crippen molar-refractivity contribution in [2.45, 2.75) is 56.4 Å².